The molecule has 0 atom stereocenters. The molecule has 6 nitrogen and oxygen atoms in total. The number of carbonyl (C=O) groups excluding carboxylic acids is 1. The molecular formula is C12H16N2O4. The van der Waals surface area contributed by atoms with Gasteiger partial charge in [-0.05, 0) is 25.5 Å². The van der Waals surface area contributed by atoms with Gasteiger partial charge in [0.2, 0.25) is 5.76 Å². The van der Waals surface area contributed by atoms with Crippen LogP contribution in [0.1, 0.15) is 29.7 Å². The lowest BCUT2D eigenvalue weighted by Gasteiger charge is -2.04. The number of furan rings is 1. The lowest BCUT2D eigenvalue weighted by Crippen LogP contribution is -2.35. The first-order chi connectivity index (χ1) is 8.63. The smallest absolute Gasteiger partial charge is 0.371 e. The minimum absolute atomic E-state index is 0.139. The number of aromatic carboxylic acids is 1. The fourth-order valence-corrected chi connectivity index (χ4v) is 1.25. The fourth-order valence-electron chi connectivity index (χ4n) is 1.25. The predicted molar refractivity (Wildman–Crippen MR) is 65.3 cm³/mol. The van der Waals surface area contributed by atoms with Gasteiger partial charge in [0, 0.05) is 6.54 Å². The van der Waals surface area contributed by atoms with Crippen LogP contribution in [0.3, 0.4) is 0 Å². The first-order valence-corrected chi connectivity index (χ1v) is 5.58. The van der Waals surface area contributed by atoms with Crippen LogP contribution in [-0.4, -0.2) is 23.7 Å². The molecule has 1 heterocycles. The van der Waals surface area contributed by atoms with Crippen molar-refractivity contribution in [1.82, 2.24) is 10.6 Å². The van der Waals surface area contributed by atoms with Crippen molar-refractivity contribution in [3.63, 3.8) is 0 Å². The van der Waals surface area contributed by atoms with Crippen LogP contribution in [0.2, 0.25) is 0 Å². The molecule has 0 fully saturated rings. The van der Waals surface area contributed by atoms with Gasteiger partial charge >= 0.3 is 12.0 Å². The second-order valence-electron chi connectivity index (χ2n) is 3.54. The van der Waals surface area contributed by atoms with Crippen LogP contribution >= 0.6 is 0 Å². The van der Waals surface area contributed by atoms with Crippen molar-refractivity contribution in [3.8, 4) is 0 Å². The summed E-state index contributed by atoms with van der Waals surface area (Å²) in [6.07, 6.45) is 4.63. The first-order valence-electron chi connectivity index (χ1n) is 5.58. The van der Waals surface area contributed by atoms with E-state index in [1.165, 1.54) is 12.1 Å². The zero-order valence-electron chi connectivity index (χ0n) is 10.1. The Labute approximate surface area is 105 Å². The summed E-state index contributed by atoms with van der Waals surface area (Å²) in [5.41, 5.74) is 0. The lowest BCUT2D eigenvalue weighted by molar-refractivity contribution is 0.0660. The molecule has 2 amide bonds. The van der Waals surface area contributed by atoms with Gasteiger partial charge in [-0.25, -0.2) is 9.59 Å². The van der Waals surface area contributed by atoms with Gasteiger partial charge in [-0.1, -0.05) is 12.2 Å². The number of carboxylic acids is 1. The number of carboxylic acid groups (broad SMARTS) is 1. The van der Waals surface area contributed by atoms with Gasteiger partial charge in [0.1, 0.15) is 5.76 Å². The van der Waals surface area contributed by atoms with Crippen molar-refractivity contribution < 1.29 is 19.1 Å². The summed E-state index contributed by atoms with van der Waals surface area (Å²) in [6, 6.07) is 2.56. The van der Waals surface area contributed by atoms with Crippen molar-refractivity contribution in [2.75, 3.05) is 6.54 Å². The third-order valence-electron chi connectivity index (χ3n) is 2.13. The van der Waals surface area contributed by atoms with E-state index in [-0.39, 0.29) is 18.3 Å². The Morgan fingerprint density at radius 2 is 2.17 bits per heavy atom. The van der Waals surface area contributed by atoms with Gasteiger partial charge in [-0.3, -0.25) is 0 Å². The standard InChI is InChI=1S/C12H16N2O4/c1-2-3-4-7-13-12(17)14-8-9-5-6-10(18-9)11(15)16/h2-3,5-6H,4,7-8H2,1H3,(H,15,16)(H2,13,14,17)/b3-2+. The topological polar surface area (TPSA) is 91.6 Å². The molecule has 0 unspecified atom stereocenters. The number of hydrogen-bond donors (Lipinski definition) is 3. The van der Waals surface area contributed by atoms with E-state index in [1.807, 2.05) is 19.1 Å². The highest BCUT2D eigenvalue weighted by atomic mass is 16.4. The Balaban J connectivity index is 2.27. The number of urea groups is 1. The Kier molecular flexibility index (Phi) is 5.50. The third-order valence-corrected chi connectivity index (χ3v) is 2.13. The number of allylic oxidation sites excluding steroid dienone is 1. The fraction of sp³-hybridized carbons (Fsp3) is 0.333. The van der Waals surface area contributed by atoms with E-state index in [2.05, 4.69) is 10.6 Å². The van der Waals surface area contributed by atoms with Crippen molar-refractivity contribution in [1.29, 1.82) is 0 Å². The molecule has 18 heavy (non-hydrogen) atoms. The SMILES string of the molecule is C/C=C/CCNC(=O)NCc1ccc(C(=O)O)o1. The molecule has 0 aliphatic carbocycles. The van der Waals surface area contributed by atoms with Gasteiger partial charge in [0.05, 0.1) is 6.54 Å². The summed E-state index contributed by atoms with van der Waals surface area (Å²) in [4.78, 5) is 21.9. The monoisotopic (exact) mass is 252 g/mol. The Morgan fingerprint density at radius 1 is 1.39 bits per heavy atom. The van der Waals surface area contributed by atoms with E-state index in [0.29, 0.717) is 12.3 Å². The molecule has 0 bridgehead atoms. The molecule has 0 saturated heterocycles. The van der Waals surface area contributed by atoms with E-state index in [0.717, 1.165) is 6.42 Å². The molecule has 0 radical (unpaired) electrons. The molecule has 1 aromatic heterocycles. The summed E-state index contributed by atoms with van der Waals surface area (Å²) in [7, 11) is 0. The zero-order chi connectivity index (χ0) is 13.4. The molecule has 1 rings (SSSR count). The van der Waals surface area contributed by atoms with Crippen LogP contribution in [0.5, 0.6) is 0 Å². The van der Waals surface area contributed by atoms with Gasteiger partial charge in [-0.2, -0.15) is 0 Å². The second-order valence-corrected chi connectivity index (χ2v) is 3.54. The number of nitrogens with one attached hydrogen (secondary N) is 2. The number of hydrogen-bond acceptors (Lipinski definition) is 3. The van der Waals surface area contributed by atoms with Crippen LogP contribution in [-0.2, 0) is 6.54 Å². The predicted octanol–water partition coefficient (Wildman–Crippen LogP) is 1.74. The summed E-state index contributed by atoms with van der Waals surface area (Å²) >= 11 is 0. The van der Waals surface area contributed by atoms with Gasteiger partial charge in [-0.15, -0.1) is 0 Å². The average Bonchev–Trinajstić information content (AvgIpc) is 2.81. The van der Waals surface area contributed by atoms with Crippen molar-refractivity contribution >= 4 is 12.0 Å². The van der Waals surface area contributed by atoms with E-state index in [1.54, 1.807) is 0 Å². The van der Waals surface area contributed by atoms with Crippen LogP contribution in [0.4, 0.5) is 4.79 Å². The van der Waals surface area contributed by atoms with Crippen LogP contribution < -0.4 is 10.6 Å². The molecule has 6 heteroatoms. The molecule has 0 saturated carbocycles. The van der Waals surface area contributed by atoms with E-state index < -0.39 is 5.97 Å². The third kappa shape index (κ3) is 4.73. The van der Waals surface area contributed by atoms with Crippen molar-refractivity contribution in [2.24, 2.45) is 0 Å². The van der Waals surface area contributed by atoms with Gasteiger partial charge in [0.15, 0.2) is 0 Å². The molecule has 98 valence electrons. The molecule has 0 aromatic carbocycles. The lowest BCUT2D eigenvalue weighted by atomic mass is 10.4. The quantitative estimate of drug-likeness (QED) is 0.531. The number of amides is 2. The molecule has 0 aliphatic heterocycles. The summed E-state index contributed by atoms with van der Waals surface area (Å²) in [5.74, 6) is -0.867. The minimum atomic E-state index is -1.13. The first kappa shape index (κ1) is 13.8. The van der Waals surface area contributed by atoms with Crippen LogP contribution in [0, 0.1) is 0 Å². The highest BCUT2D eigenvalue weighted by molar-refractivity contribution is 5.84. The Hall–Kier alpha value is -2.24. The van der Waals surface area contributed by atoms with Gasteiger partial charge in [0.25, 0.3) is 0 Å². The molecular weight excluding hydrogens is 236 g/mol. The van der Waals surface area contributed by atoms with Crippen molar-refractivity contribution in [2.45, 2.75) is 19.9 Å². The van der Waals surface area contributed by atoms with E-state index >= 15 is 0 Å². The Morgan fingerprint density at radius 3 is 2.78 bits per heavy atom. The second kappa shape index (κ2) is 7.16. The normalized spacial score (nSPS) is 10.5. The number of rotatable bonds is 6. The maximum atomic E-state index is 11.3. The summed E-state index contributed by atoms with van der Waals surface area (Å²) in [6.45, 7) is 2.62. The molecule has 1 aromatic rings. The number of carbonyl (C=O) groups is 2. The van der Waals surface area contributed by atoms with E-state index in [4.69, 9.17) is 9.52 Å². The van der Waals surface area contributed by atoms with Crippen molar-refractivity contribution in [3.05, 3.63) is 35.8 Å². The van der Waals surface area contributed by atoms with Crippen LogP contribution in [0.15, 0.2) is 28.7 Å². The van der Waals surface area contributed by atoms with Crippen LogP contribution in [0.25, 0.3) is 0 Å². The minimum Gasteiger partial charge on any atom is -0.475 e. The largest absolute Gasteiger partial charge is 0.475 e. The highest BCUT2D eigenvalue weighted by Crippen LogP contribution is 2.07. The zero-order valence-corrected chi connectivity index (χ0v) is 10.1. The molecule has 0 aliphatic rings. The highest BCUT2D eigenvalue weighted by Gasteiger charge is 2.09. The average molecular weight is 252 g/mol. The molecule has 0 spiro atoms. The van der Waals surface area contributed by atoms with E-state index in [9.17, 15) is 9.59 Å². The maximum absolute atomic E-state index is 11.3. The maximum Gasteiger partial charge on any atom is 0.371 e. The van der Waals surface area contributed by atoms with Gasteiger partial charge < -0.3 is 20.2 Å². The molecule has 3 N–H and O–H groups in total. The Bertz CT molecular complexity index is 437. The summed E-state index contributed by atoms with van der Waals surface area (Å²) in [5, 5.41) is 13.9. The summed E-state index contributed by atoms with van der Waals surface area (Å²) < 4.78 is 4.99.